The minimum Gasteiger partial charge on any atom is -0.541 e. The van der Waals surface area contributed by atoms with Crippen molar-refractivity contribution in [2.75, 3.05) is 0 Å². The van der Waals surface area contributed by atoms with Crippen molar-refractivity contribution in [1.29, 1.82) is 0 Å². The molecule has 5 heteroatoms. The summed E-state index contributed by atoms with van der Waals surface area (Å²) in [4.78, 5) is 12.3. The molecule has 0 aliphatic rings. The number of aromatic nitrogens is 2. The van der Waals surface area contributed by atoms with Crippen LogP contribution in [0.1, 0.15) is 5.56 Å². The minimum atomic E-state index is -0.790. The lowest BCUT2D eigenvalue weighted by atomic mass is 10.3. The van der Waals surface area contributed by atoms with Gasteiger partial charge < -0.3 is 4.43 Å². The molecule has 91 valence electrons. The molecular formula is C13H14N3OSi. The first kappa shape index (κ1) is 12.4. The van der Waals surface area contributed by atoms with Gasteiger partial charge in [-0.1, -0.05) is 12.1 Å². The second-order valence-corrected chi connectivity index (χ2v) is 5.93. The quantitative estimate of drug-likeness (QED) is 0.624. The summed E-state index contributed by atoms with van der Waals surface area (Å²) in [6.45, 7) is 4.19. The molecule has 0 unspecified atom stereocenters. The first-order chi connectivity index (χ1) is 8.75. The van der Waals surface area contributed by atoms with Crippen molar-refractivity contribution in [3.8, 4) is 5.75 Å². The summed E-state index contributed by atoms with van der Waals surface area (Å²) in [6.07, 6.45) is 6.67. The standard InChI is InChI=1S/C13H14N3OSi/c1-18(2)17-13-6-4-3-5-12(13)16-9-11-7-14-10-15-8-11/h3-10H,1-2H3. The summed E-state index contributed by atoms with van der Waals surface area (Å²) < 4.78 is 5.79. The molecule has 1 aromatic carbocycles. The molecule has 18 heavy (non-hydrogen) atoms. The normalized spacial score (nSPS) is 11.1. The van der Waals surface area contributed by atoms with Crippen LogP contribution in [-0.4, -0.2) is 25.2 Å². The molecule has 0 N–H and O–H groups in total. The Morgan fingerprint density at radius 3 is 2.61 bits per heavy atom. The van der Waals surface area contributed by atoms with E-state index in [1.165, 1.54) is 6.33 Å². The van der Waals surface area contributed by atoms with Crippen molar-refractivity contribution in [1.82, 2.24) is 9.97 Å². The Bertz CT molecular complexity index is 529. The summed E-state index contributed by atoms with van der Waals surface area (Å²) >= 11 is 0. The predicted octanol–water partition coefficient (Wildman–Crippen LogP) is 2.86. The Balaban J connectivity index is 2.21. The average molecular weight is 256 g/mol. The Kier molecular flexibility index (Phi) is 4.19. The van der Waals surface area contributed by atoms with Gasteiger partial charge in [0.05, 0.1) is 0 Å². The smallest absolute Gasteiger partial charge is 0.274 e. The molecule has 1 radical (unpaired) electrons. The maximum atomic E-state index is 5.79. The van der Waals surface area contributed by atoms with Gasteiger partial charge in [-0.25, -0.2) is 9.97 Å². The van der Waals surface area contributed by atoms with E-state index in [9.17, 15) is 0 Å². The minimum absolute atomic E-state index is 0.790. The van der Waals surface area contributed by atoms with Gasteiger partial charge in [0.25, 0.3) is 9.04 Å². The molecule has 0 amide bonds. The fourth-order valence-electron chi connectivity index (χ4n) is 1.39. The number of para-hydroxylation sites is 2. The SMILES string of the molecule is C[Si](C)Oc1ccccc1N=Cc1cncnc1. The molecule has 0 fully saturated rings. The fourth-order valence-corrected chi connectivity index (χ4v) is 2.00. The Labute approximate surface area is 108 Å². The first-order valence-electron chi connectivity index (χ1n) is 5.62. The highest BCUT2D eigenvalue weighted by Gasteiger charge is 2.04. The van der Waals surface area contributed by atoms with Crippen LogP contribution in [0, 0.1) is 0 Å². The van der Waals surface area contributed by atoms with Crippen LogP contribution in [0.2, 0.25) is 13.1 Å². The summed E-state index contributed by atoms with van der Waals surface area (Å²) in [6, 6.07) is 7.76. The molecule has 0 spiro atoms. The molecule has 2 rings (SSSR count). The van der Waals surface area contributed by atoms with E-state index in [0.29, 0.717) is 0 Å². The largest absolute Gasteiger partial charge is 0.541 e. The monoisotopic (exact) mass is 256 g/mol. The number of hydrogen-bond acceptors (Lipinski definition) is 4. The summed E-state index contributed by atoms with van der Waals surface area (Å²) in [5.41, 5.74) is 1.69. The second kappa shape index (κ2) is 6.06. The third-order valence-electron chi connectivity index (χ3n) is 2.11. The van der Waals surface area contributed by atoms with Gasteiger partial charge in [-0.2, -0.15) is 0 Å². The van der Waals surface area contributed by atoms with Crippen LogP contribution in [0.5, 0.6) is 5.75 Å². The third-order valence-corrected chi connectivity index (χ3v) is 2.74. The second-order valence-electron chi connectivity index (χ2n) is 3.91. The van der Waals surface area contributed by atoms with E-state index in [2.05, 4.69) is 28.1 Å². The van der Waals surface area contributed by atoms with E-state index >= 15 is 0 Å². The molecule has 2 aromatic rings. The highest BCUT2D eigenvalue weighted by atomic mass is 28.3. The summed E-state index contributed by atoms with van der Waals surface area (Å²) in [5, 5.41) is 0. The molecule has 0 saturated heterocycles. The number of benzene rings is 1. The van der Waals surface area contributed by atoms with Gasteiger partial charge in [0, 0.05) is 24.2 Å². The molecule has 4 nitrogen and oxygen atoms in total. The molecular weight excluding hydrogens is 242 g/mol. The van der Waals surface area contributed by atoms with Gasteiger partial charge in [0.2, 0.25) is 0 Å². The van der Waals surface area contributed by atoms with Crippen molar-refractivity contribution >= 4 is 20.9 Å². The lowest BCUT2D eigenvalue weighted by molar-refractivity contribution is 0.582. The zero-order valence-corrected chi connectivity index (χ0v) is 11.4. The van der Waals surface area contributed by atoms with E-state index in [-0.39, 0.29) is 0 Å². The van der Waals surface area contributed by atoms with Gasteiger partial charge in [-0.15, -0.1) is 0 Å². The van der Waals surface area contributed by atoms with Crippen LogP contribution in [0.4, 0.5) is 5.69 Å². The van der Waals surface area contributed by atoms with E-state index in [1.54, 1.807) is 18.6 Å². The van der Waals surface area contributed by atoms with E-state index in [4.69, 9.17) is 4.43 Å². The van der Waals surface area contributed by atoms with Crippen molar-refractivity contribution < 1.29 is 4.43 Å². The van der Waals surface area contributed by atoms with Crippen molar-refractivity contribution in [3.05, 3.63) is 48.5 Å². The summed E-state index contributed by atoms with van der Waals surface area (Å²) in [5.74, 6) is 0.824. The van der Waals surface area contributed by atoms with Crippen molar-refractivity contribution in [2.45, 2.75) is 13.1 Å². The topological polar surface area (TPSA) is 47.4 Å². The molecule has 1 heterocycles. The first-order valence-corrected chi connectivity index (χ1v) is 8.02. The highest BCUT2D eigenvalue weighted by molar-refractivity contribution is 6.49. The number of hydrogen-bond donors (Lipinski definition) is 0. The number of aliphatic imine (C=N–C) groups is 1. The lowest BCUT2D eigenvalue weighted by Crippen LogP contribution is -2.11. The van der Waals surface area contributed by atoms with Gasteiger partial charge in [0.15, 0.2) is 0 Å². The van der Waals surface area contributed by atoms with Crippen LogP contribution < -0.4 is 4.43 Å². The third kappa shape index (κ3) is 3.49. The van der Waals surface area contributed by atoms with Crippen LogP contribution >= 0.6 is 0 Å². The molecule has 1 aromatic heterocycles. The zero-order chi connectivity index (χ0) is 12.8. The predicted molar refractivity (Wildman–Crippen MR) is 73.8 cm³/mol. The maximum absolute atomic E-state index is 5.79. The van der Waals surface area contributed by atoms with Crippen molar-refractivity contribution in [2.24, 2.45) is 4.99 Å². The fraction of sp³-hybridized carbons (Fsp3) is 0.154. The summed E-state index contributed by atoms with van der Waals surface area (Å²) in [7, 11) is -0.790. The molecule has 0 atom stereocenters. The van der Waals surface area contributed by atoms with E-state index < -0.39 is 9.04 Å². The van der Waals surface area contributed by atoms with Crippen molar-refractivity contribution in [3.63, 3.8) is 0 Å². The van der Waals surface area contributed by atoms with E-state index in [1.807, 2.05) is 24.3 Å². The maximum Gasteiger partial charge on any atom is 0.274 e. The Morgan fingerprint density at radius 2 is 1.89 bits per heavy atom. The van der Waals surface area contributed by atoms with Crippen LogP contribution in [-0.2, 0) is 0 Å². The zero-order valence-electron chi connectivity index (χ0n) is 10.4. The molecule has 0 aliphatic carbocycles. The van der Waals surface area contributed by atoms with Gasteiger partial charge >= 0.3 is 0 Å². The number of nitrogens with zero attached hydrogens (tertiary/aromatic N) is 3. The Morgan fingerprint density at radius 1 is 1.17 bits per heavy atom. The van der Waals surface area contributed by atoms with Gasteiger partial charge in [-0.05, 0) is 25.2 Å². The average Bonchev–Trinajstić information content (AvgIpc) is 2.38. The lowest BCUT2D eigenvalue weighted by Gasteiger charge is -2.10. The van der Waals surface area contributed by atoms with Crippen LogP contribution in [0.3, 0.4) is 0 Å². The van der Waals surface area contributed by atoms with Crippen LogP contribution in [0.25, 0.3) is 0 Å². The van der Waals surface area contributed by atoms with Crippen LogP contribution in [0.15, 0.2) is 48.0 Å². The molecule has 0 aliphatic heterocycles. The van der Waals surface area contributed by atoms with Gasteiger partial charge in [-0.3, -0.25) is 4.99 Å². The molecule has 0 bridgehead atoms. The highest BCUT2D eigenvalue weighted by Crippen LogP contribution is 2.27. The Hall–Kier alpha value is -2.01. The van der Waals surface area contributed by atoms with E-state index in [0.717, 1.165) is 17.0 Å². The molecule has 0 saturated carbocycles. The number of rotatable bonds is 4. The van der Waals surface area contributed by atoms with Gasteiger partial charge in [0.1, 0.15) is 17.8 Å².